The van der Waals surface area contributed by atoms with Crippen molar-refractivity contribution in [3.05, 3.63) is 23.8 Å². The van der Waals surface area contributed by atoms with Crippen LogP contribution in [0.3, 0.4) is 0 Å². The Balaban J connectivity index is 1.70. The van der Waals surface area contributed by atoms with Crippen LogP contribution >= 0.6 is 0 Å². The van der Waals surface area contributed by atoms with Gasteiger partial charge in [-0.1, -0.05) is 13.0 Å². The molecule has 1 heterocycles. The second-order valence-corrected chi connectivity index (χ2v) is 5.24. The first kappa shape index (κ1) is 12.8. The van der Waals surface area contributed by atoms with Crippen LogP contribution in [0.15, 0.2) is 18.2 Å². The number of benzene rings is 1. The third-order valence-electron chi connectivity index (χ3n) is 3.83. The summed E-state index contributed by atoms with van der Waals surface area (Å²) in [5.74, 6) is 1.52. The van der Waals surface area contributed by atoms with E-state index in [-0.39, 0.29) is 0 Å². The molecule has 0 radical (unpaired) electrons. The lowest BCUT2D eigenvalue weighted by atomic mass is 10.1. The molecule has 4 heteroatoms. The second-order valence-electron chi connectivity index (χ2n) is 5.24. The largest absolute Gasteiger partial charge is 0.486 e. The van der Waals surface area contributed by atoms with Crippen LogP contribution in [0.4, 0.5) is 0 Å². The maximum atomic E-state index is 10.4. The number of aliphatic hydroxyl groups excluding tert-OH is 1. The van der Waals surface area contributed by atoms with Gasteiger partial charge < -0.3 is 14.6 Å². The van der Waals surface area contributed by atoms with E-state index in [4.69, 9.17) is 9.47 Å². The average Bonchev–Trinajstić information content (AvgIpc) is 3.28. The molecule has 0 bridgehead atoms. The fourth-order valence-corrected chi connectivity index (χ4v) is 2.57. The zero-order chi connectivity index (χ0) is 13.2. The van der Waals surface area contributed by atoms with Gasteiger partial charge in [0.25, 0.3) is 0 Å². The zero-order valence-corrected chi connectivity index (χ0v) is 11.3. The Morgan fingerprint density at radius 3 is 2.68 bits per heavy atom. The van der Waals surface area contributed by atoms with Crippen LogP contribution in [0, 0.1) is 0 Å². The molecule has 1 unspecified atom stereocenters. The summed E-state index contributed by atoms with van der Waals surface area (Å²) in [6, 6.07) is 6.40. The molecule has 1 N–H and O–H groups in total. The summed E-state index contributed by atoms with van der Waals surface area (Å²) in [6.45, 7) is 5.01. The van der Waals surface area contributed by atoms with Crippen LogP contribution in [0.1, 0.15) is 31.4 Å². The van der Waals surface area contributed by atoms with Gasteiger partial charge in [-0.25, -0.2) is 0 Å². The molecule has 1 aromatic carbocycles. The lowest BCUT2D eigenvalue weighted by molar-refractivity contribution is 0.111. The lowest BCUT2D eigenvalue weighted by Crippen LogP contribution is -2.30. The van der Waals surface area contributed by atoms with E-state index in [1.165, 1.54) is 12.8 Å². The third-order valence-corrected chi connectivity index (χ3v) is 3.83. The van der Waals surface area contributed by atoms with Gasteiger partial charge in [-0.3, -0.25) is 4.90 Å². The number of aliphatic hydroxyl groups is 1. The van der Waals surface area contributed by atoms with E-state index in [1.54, 1.807) is 0 Å². The van der Waals surface area contributed by atoms with E-state index in [2.05, 4.69) is 11.8 Å². The Labute approximate surface area is 113 Å². The van der Waals surface area contributed by atoms with Crippen LogP contribution in [0.5, 0.6) is 11.5 Å². The topological polar surface area (TPSA) is 41.9 Å². The van der Waals surface area contributed by atoms with Gasteiger partial charge in [0, 0.05) is 12.6 Å². The van der Waals surface area contributed by atoms with Crippen LogP contribution < -0.4 is 9.47 Å². The molecule has 1 fully saturated rings. The normalized spacial score (nSPS) is 19.5. The summed E-state index contributed by atoms with van der Waals surface area (Å²) in [6.07, 6.45) is 2.07. The summed E-state index contributed by atoms with van der Waals surface area (Å²) in [4.78, 5) is 2.35. The first-order valence-corrected chi connectivity index (χ1v) is 7.09. The van der Waals surface area contributed by atoms with Crippen molar-refractivity contribution in [1.82, 2.24) is 4.90 Å². The number of hydrogen-bond donors (Lipinski definition) is 1. The van der Waals surface area contributed by atoms with Gasteiger partial charge in [0.1, 0.15) is 13.2 Å². The van der Waals surface area contributed by atoms with Gasteiger partial charge >= 0.3 is 0 Å². The van der Waals surface area contributed by atoms with Crippen molar-refractivity contribution in [2.45, 2.75) is 31.9 Å². The number of nitrogens with zero attached hydrogens (tertiary/aromatic N) is 1. The van der Waals surface area contributed by atoms with Crippen molar-refractivity contribution < 1.29 is 14.6 Å². The predicted molar refractivity (Wildman–Crippen MR) is 72.7 cm³/mol. The average molecular weight is 263 g/mol. The molecule has 1 atom stereocenters. The summed E-state index contributed by atoms with van der Waals surface area (Å²) in [5.41, 5.74) is 0.906. The number of rotatable bonds is 5. The van der Waals surface area contributed by atoms with Gasteiger partial charge in [0.05, 0.1) is 6.10 Å². The zero-order valence-electron chi connectivity index (χ0n) is 11.3. The Bertz CT molecular complexity index is 445. The highest BCUT2D eigenvalue weighted by atomic mass is 16.6. The Kier molecular flexibility index (Phi) is 3.62. The molecule has 19 heavy (non-hydrogen) atoms. The second kappa shape index (κ2) is 5.39. The number of ether oxygens (including phenoxy) is 2. The van der Waals surface area contributed by atoms with Gasteiger partial charge in [-0.15, -0.1) is 0 Å². The van der Waals surface area contributed by atoms with Crippen LogP contribution in [-0.2, 0) is 0 Å². The molecule has 104 valence electrons. The highest BCUT2D eigenvalue weighted by molar-refractivity contribution is 5.44. The van der Waals surface area contributed by atoms with Crippen LogP contribution in [-0.4, -0.2) is 42.4 Å². The maximum Gasteiger partial charge on any atom is 0.161 e. The number of fused-ring (bicyclic) bond motifs is 1. The number of hydrogen-bond acceptors (Lipinski definition) is 4. The maximum absolute atomic E-state index is 10.4. The van der Waals surface area contributed by atoms with Crippen molar-refractivity contribution in [2.75, 3.05) is 26.3 Å². The van der Waals surface area contributed by atoms with Crippen molar-refractivity contribution in [3.8, 4) is 11.5 Å². The van der Waals surface area contributed by atoms with E-state index in [1.807, 2.05) is 18.2 Å². The van der Waals surface area contributed by atoms with E-state index in [0.29, 0.717) is 25.8 Å². The van der Waals surface area contributed by atoms with Gasteiger partial charge in [0.2, 0.25) is 0 Å². The van der Waals surface area contributed by atoms with Crippen molar-refractivity contribution in [2.24, 2.45) is 0 Å². The molecule has 1 saturated carbocycles. The first-order valence-electron chi connectivity index (χ1n) is 7.09. The molecule has 0 saturated heterocycles. The van der Waals surface area contributed by atoms with Crippen LogP contribution in [0.25, 0.3) is 0 Å². The lowest BCUT2D eigenvalue weighted by Gasteiger charge is -2.24. The molecule has 4 nitrogen and oxygen atoms in total. The standard InChI is InChI=1S/C15H21NO3/c1-2-16(12-4-5-12)10-13(17)11-3-6-14-15(9-11)19-8-7-18-14/h3,6,9,12-13,17H,2,4-5,7-8,10H2,1H3. The smallest absolute Gasteiger partial charge is 0.161 e. The number of likely N-dealkylation sites (N-methyl/N-ethyl adjacent to an activating group) is 1. The minimum atomic E-state index is -0.462. The van der Waals surface area contributed by atoms with Crippen molar-refractivity contribution >= 4 is 0 Å². The molecule has 0 spiro atoms. The minimum Gasteiger partial charge on any atom is -0.486 e. The van der Waals surface area contributed by atoms with Crippen molar-refractivity contribution in [1.29, 1.82) is 0 Å². The molecule has 0 amide bonds. The summed E-state index contributed by atoms with van der Waals surface area (Å²) in [7, 11) is 0. The predicted octanol–water partition coefficient (Wildman–Crippen LogP) is 1.98. The summed E-state index contributed by atoms with van der Waals surface area (Å²) >= 11 is 0. The molecular formula is C15H21NO3. The Morgan fingerprint density at radius 2 is 2.00 bits per heavy atom. The molecule has 0 aromatic heterocycles. The van der Waals surface area contributed by atoms with E-state index < -0.39 is 6.10 Å². The van der Waals surface area contributed by atoms with E-state index >= 15 is 0 Å². The van der Waals surface area contributed by atoms with Gasteiger partial charge in [0.15, 0.2) is 11.5 Å². The Hall–Kier alpha value is -1.26. The fourth-order valence-electron chi connectivity index (χ4n) is 2.57. The van der Waals surface area contributed by atoms with Gasteiger partial charge in [-0.2, -0.15) is 0 Å². The first-order chi connectivity index (χ1) is 9.28. The van der Waals surface area contributed by atoms with Crippen LogP contribution in [0.2, 0.25) is 0 Å². The van der Waals surface area contributed by atoms with Crippen molar-refractivity contribution in [3.63, 3.8) is 0 Å². The molecular weight excluding hydrogens is 242 g/mol. The highest BCUT2D eigenvalue weighted by Crippen LogP contribution is 2.34. The Morgan fingerprint density at radius 1 is 1.26 bits per heavy atom. The molecule has 1 aliphatic heterocycles. The van der Waals surface area contributed by atoms with E-state index in [9.17, 15) is 5.11 Å². The SMILES string of the molecule is CCN(CC(O)c1ccc2c(c1)OCCO2)C1CC1. The minimum absolute atomic E-state index is 0.462. The fraction of sp³-hybridized carbons (Fsp3) is 0.600. The summed E-state index contributed by atoms with van der Waals surface area (Å²) in [5, 5.41) is 10.4. The van der Waals surface area contributed by atoms with E-state index in [0.717, 1.165) is 23.6 Å². The monoisotopic (exact) mass is 263 g/mol. The molecule has 2 aliphatic rings. The molecule has 1 aliphatic carbocycles. The third kappa shape index (κ3) is 2.85. The molecule has 3 rings (SSSR count). The quantitative estimate of drug-likeness (QED) is 0.882. The highest BCUT2D eigenvalue weighted by Gasteiger charge is 2.29. The summed E-state index contributed by atoms with van der Waals surface area (Å²) < 4.78 is 11.0. The molecule has 1 aromatic rings. The van der Waals surface area contributed by atoms with Gasteiger partial charge in [-0.05, 0) is 37.1 Å².